The van der Waals surface area contributed by atoms with Gasteiger partial charge in [-0.05, 0) is 61.1 Å². The van der Waals surface area contributed by atoms with Crippen LogP contribution >= 0.6 is 12.2 Å². The second kappa shape index (κ2) is 9.76. The predicted molar refractivity (Wildman–Crippen MR) is 100 cm³/mol. The lowest BCUT2D eigenvalue weighted by molar-refractivity contribution is -0.0512. The van der Waals surface area contributed by atoms with E-state index in [1.165, 1.54) is 13.2 Å². The molecule has 2 aromatic rings. The summed E-state index contributed by atoms with van der Waals surface area (Å²) in [5.74, 6) is 1.01. The van der Waals surface area contributed by atoms with Crippen molar-refractivity contribution in [3.8, 4) is 17.2 Å². The molecular weight excluding hydrogens is 362 g/mol. The van der Waals surface area contributed by atoms with Crippen LogP contribution in [0.25, 0.3) is 0 Å². The van der Waals surface area contributed by atoms with Crippen LogP contribution in [0.3, 0.4) is 0 Å². The zero-order chi connectivity index (χ0) is 18.9. The van der Waals surface area contributed by atoms with Gasteiger partial charge in [-0.1, -0.05) is 6.07 Å². The highest BCUT2D eigenvalue weighted by Gasteiger charge is 2.11. The molecule has 0 saturated heterocycles. The Bertz CT molecular complexity index is 727. The lowest BCUT2D eigenvalue weighted by Gasteiger charge is -2.13. The Balaban J connectivity index is 1.90. The number of thiocarbonyl (C=S) groups is 1. The summed E-state index contributed by atoms with van der Waals surface area (Å²) in [6.45, 7) is 0.0245. The van der Waals surface area contributed by atoms with E-state index in [4.69, 9.17) is 21.7 Å². The zero-order valence-corrected chi connectivity index (χ0v) is 15.2. The van der Waals surface area contributed by atoms with Crippen molar-refractivity contribution in [2.24, 2.45) is 0 Å². The summed E-state index contributed by atoms with van der Waals surface area (Å²) < 4.78 is 39.5. The van der Waals surface area contributed by atoms with Gasteiger partial charge in [-0.2, -0.15) is 8.78 Å². The maximum absolute atomic E-state index is 12.3. The van der Waals surface area contributed by atoms with Crippen molar-refractivity contribution >= 4 is 23.0 Å². The Morgan fingerprint density at radius 1 is 1.12 bits per heavy atom. The Morgan fingerprint density at radius 2 is 1.85 bits per heavy atom. The van der Waals surface area contributed by atoms with Crippen LogP contribution < -0.4 is 24.8 Å². The largest absolute Gasteiger partial charge is 0.494 e. The first-order chi connectivity index (χ1) is 12.5. The number of hydrogen-bond donors (Lipinski definition) is 2. The maximum atomic E-state index is 12.3. The highest BCUT2D eigenvalue weighted by Crippen LogP contribution is 2.29. The third kappa shape index (κ3) is 6.03. The van der Waals surface area contributed by atoms with Gasteiger partial charge in [0.25, 0.3) is 0 Å². The molecule has 0 radical (unpaired) electrons. The quantitative estimate of drug-likeness (QED) is 0.668. The van der Waals surface area contributed by atoms with E-state index in [1.54, 1.807) is 12.1 Å². The summed E-state index contributed by atoms with van der Waals surface area (Å²) in [6, 6.07) is 12.1. The van der Waals surface area contributed by atoms with Crippen LogP contribution in [0, 0.1) is 0 Å². The van der Waals surface area contributed by atoms with Crippen LogP contribution in [0.15, 0.2) is 42.5 Å². The molecule has 2 N–H and O–H groups in total. The van der Waals surface area contributed by atoms with Gasteiger partial charge in [0.15, 0.2) is 16.6 Å². The minimum absolute atomic E-state index is 0.0126. The van der Waals surface area contributed by atoms with E-state index < -0.39 is 6.61 Å². The van der Waals surface area contributed by atoms with Gasteiger partial charge in [-0.3, -0.25) is 0 Å². The average Bonchev–Trinajstić information content (AvgIpc) is 2.62. The summed E-state index contributed by atoms with van der Waals surface area (Å²) in [6.07, 6.45) is 0. The van der Waals surface area contributed by atoms with E-state index in [9.17, 15) is 8.78 Å². The standard InChI is InChI=1S/C18H20F2N2O3S/c1-3-24-14-7-5-13(6-8-14)22-18(26)21-11-12-4-9-15(25-17(19)20)16(10-12)23-2/h4-10,17H,3,11H2,1-2H3,(H2,21,22,26). The number of alkyl halides is 2. The fraction of sp³-hybridized carbons (Fsp3) is 0.278. The van der Waals surface area contributed by atoms with E-state index in [2.05, 4.69) is 15.4 Å². The first-order valence-corrected chi connectivity index (χ1v) is 8.32. The first kappa shape index (κ1) is 19.7. The highest BCUT2D eigenvalue weighted by atomic mass is 32.1. The van der Waals surface area contributed by atoms with E-state index >= 15 is 0 Å². The molecule has 2 aromatic carbocycles. The topological polar surface area (TPSA) is 51.8 Å². The Morgan fingerprint density at radius 3 is 2.46 bits per heavy atom. The Hall–Kier alpha value is -2.61. The van der Waals surface area contributed by atoms with Crippen LogP contribution in [-0.4, -0.2) is 25.4 Å². The molecule has 0 aliphatic carbocycles. The van der Waals surface area contributed by atoms with Crippen molar-refractivity contribution in [2.45, 2.75) is 20.1 Å². The average molecular weight is 382 g/mol. The monoisotopic (exact) mass is 382 g/mol. The van der Waals surface area contributed by atoms with Gasteiger partial charge in [0.2, 0.25) is 0 Å². The maximum Gasteiger partial charge on any atom is 0.387 e. The molecule has 0 fully saturated rings. The minimum atomic E-state index is -2.90. The number of rotatable bonds is 8. The van der Waals surface area contributed by atoms with Gasteiger partial charge in [-0.15, -0.1) is 0 Å². The van der Waals surface area contributed by atoms with Gasteiger partial charge in [0, 0.05) is 12.2 Å². The second-order valence-corrected chi connectivity index (χ2v) is 5.54. The fourth-order valence-corrected chi connectivity index (χ4v) is 2.36. The van der Waals surface area contributed by atoms with Gasteiger partial charge in [0.1, 0.15) is 5.75 Å². The van der Waals surface area contributed by atoms with Crippen molar-refractivity contribution in [3.63, 3.8) is 0 Å². The lowest BCUT2D eigenvalue weighted by atomic mass is 10.2. The minimum Gasteiger partial charge on any atom is -0.494 e. The van der Waals surface area contributed by atoms with E-state index in [0.29, 0.717) is 18.3 Å². The zero-order valence-electron chi connectivity index (χ0n) is 14.4. The van der Waals surface area contributed by atoms with E-state index in [-0.39, 0.29) is 11.5 Å². The summed E-state index contributed by atoms with van der Waals surface area (Å²) in [5.41, 5.74) is 1.63. The summed E-state index contributed by atoms with van der Waals surface area (Å²) in [5, 5.41) is 6.53. The van der Waals surface area contributed by atoms with Gasteiger partial charge in [-0.25, -0.2) is 0 Å². The molecule has 0 unspecified atom stereocenters. The molecule has 0 heterocycles. The normalized spacial score (nSPS) is 10.3. The number of methoxy groups -OCH3 is 1. The van der Waals surface area contributed by atoms with Crippen LogP contribution in [-0.2, 0) is 6.54 Å². The molecule has 0 aliphatic heterocycles. The van der Waals surface area contributed by atoms with Crippen molar-refractivity contribution < 1.29 is 23.0 Å². The lowest BCUT2D eigenvalue weighted by Crippen LogP contribution is -2.27. The van der Waals surface area contributed by atoms with Crippen LogP contribution in [0.5, 0.6) is 17.2 Å². The van der Waals surface area contributed by atoms with Gasteiger partial charge < -0.3 is 24.8 Å². The molecule has 5 nitrogen and oxygen atoms in total. The smallest absolute Gasteiger partial charge is 0.387 e. The second-order valence-electron chi connectivity index (χ2n) is 5.13. The molecule has 0 amide bonds. The molecule has 2 rings (SSSR count). The number of hydrogen-bond acceptors (Lipinski definition) is 4. The summed E-state index contributed by atoms with van der Waals surface area (Å²) in [4.78, 5) is 0. The fourth-order valence-electron chi connectivity index (χ4n) is 2.17. The molecule has 0 spiro atoms. The van der Waals surface area contributed by atoms with Crippen LogP contribution in [0.2, 0.25) is 0 Å². The highest BCUT2D eigenvalue weighted by molar-refractivity contribution is 7.80. The number of nitrogens with one attached hydrogen (secondary N) is 2. The van der Waals surface area contributed by atoms with Crippen molar-refractivity contribution in [2.75, 3.05) is 19.0 Å². The van der Waals surface area contributed by atoms with Crippen molar-refractivity contribution in [1.82, 2.24) is 5.32 Å². The molecule has 0 atom stereocenters. The molecule has 0 aromatic heterocycles. The van der Waals surface area contributed by atoms with E-state index in [1.807, 2.05) is 31.2 Å². The predicted octanol–water partition coefficient (Wildman–Crippen LogP) is 4.18. The molecule has 0 bridgehead atoms. The first-order valence-electron chi connectivity index (χ1n) is 7.91. The van der Waals surface area contributed by atoms with Crippen LogP contribution in [0.4, 0.5) is 14.5 Å². The third-order valence-corrected chi connectivity index (χ3v) is 3.57. The number of halogens is 2. The molecular formula is C18H20F2N2O3S. The third-order valence-electron chi connectivity index (χ3n) is 3.32. The number of anilines is 1. The molecule has 0 saturated carbocycles. The van der Waals surface area contributed by atoms with Crippen LogP contribution in [0.1, 0.15) is 12.5 Å². The van der Waals surface area contributed by atoms with Gasteiger partial charge in [0.05, 0.1) is 13.7 Å². The van der Waals surface area contributed by atoms with Crippen molar-refractivity contribution in [3.05, 3.63) is 48.0 Å². The number of benzene rings is 2. The summed E-state index contributed by atoms with van der Waals surface area (Å²) >= 11 is 5.25. The number of ether oxygens (including phenoxy) is 3. The molecule has 8 heteroatoms. The Labute approximate surface area is 156 Å². The van der Waals surface area contributed by atoms with Gasteiger partial charge >= 0.3 is 6.61 Å². The summed E-state index contributed by atoms with van der Waals surface area (Å²) in [7, 11) is 1.39. The molecule has 140 valence electrons. The van der Waals surface area contributed by atoms with E-state index in [0.717, 1.165) is 17.0 Å². The SMILES string of the molecule is CCOc1ccc(NC(=S)NCc2ccc(OC(F)F)c(OC)c2)cc1. The molecule has 0 aliphatic rings. The van der Waals surface area contributed by atoms with Crippen molar-refractivity contribution in [1.29, 1.82) is 0 Å². The Kier molecular flexibility index (Phi) is 7.40. The molecule has 26 heavy (non-hydrogen) atoms.